The second kappa shape index (κ2) is 6.32. The van der Waals surface area contributed by atoms with Gasteiger partial charge in [-0.3, -0.25) is 0 Å². The molecule has 1 aromatic heterocycles. The Morgan fingerprint density at radius 1 is 1.43 bits per heavy atom. The molecule has 78 valence electrons. The summed E-state index contributed by atoms with van der Waals surface area (Å²) in [5, 5.41) is 0. The molecular weight excluding hydrogens is 185 g/mol. The van der Waals surface area contributed by atoms with E-state index < -0.39 is 5.95 Å². The van der Waals surface area contributed by atoms with Crippen LogP contribution in [0.2, 0.25) is 0 Å². The summed E-state index contributed by atoms with van der Waals surface area (Å²) in [4.78, 5) is 3.47. The predicted octanol–water partition coefficient (Wildman–Crippen LogP) is 2.03. The molecule has 0 N–H and O–H groups in total. The van der Waals surface area contributed by atoms with Crippen LogP contribution in [0.1, 0.15) is 13.3 Å². The minimum Gasteiger partial charge on any atom is -0.489 e. The van der Waals surface area contributed by atoms with Crippen molar-refractivity contribution in [3.63, 3.8) is 0 Å². The molecule has 3 nitrogen and oxygen atoms in total. The summed E-state index contributed by atoms with van der Waals surface area (Å²) in [6.45, 7) is 3.71. The van der Waals surface area contributed by atoms with Gasteiger partial charge in [0.25, 0.3) is 5.95 Å². The van der Waals surface area contributed by atoms with E-state index in [1.165, 1.54) is 6.20 Å². The van der Waals surface area contributed by atoms with E-state index in [1.54, 1.807) is 12.1 Å². The first-order chi connectivity index (χ1) is 6.84. The van der Waals surface area contributed by atoms with Crippen molar-refractivity contribution < 1.29 is 13.9 Å². The maximum atomic E-state index is 12.9. The first kappa shape index (κ1) is 10.9. The highest BCUT2D eigenvalue weighted by atomic mass is 19.1. The van der Waals surface area contributed by atoms with Crippen LogP contribution in [-0.2, 0) is 4.74 Å². The van der Waals surface area contributed by atoms with E-state index in [1.807, 2.05) is 6.92 Å². The lowest BCUT2D eigenvalue weighted by atomic mass is 10.4. The summed E-state index contributed by atoms with van der Waals surface area (Å²) in [6.07, 6.45) is 2.14. The van der Waals surface area contributed by atoms with Crippen molar-refractivity contribution in [2.75, 3.05) is 19.8 Å². The highest BCUT2D eigenvalue weighted by Crippen LogP contribution is 2.12. The van der Waals surface area contributed by atoms with Crippen molar-refractivity contribution in [1.82, 2.24) is 4.98 Å². The molecule has 1 heterocycles. The molecule has 0 unspecified atom stereocenters. The highest BCUT2D eigenvalue weighted by molar-refractivity contribution is 5.17. The number of ether oxygens (including phenoxy) is 2. The third-order valence-electron chi connectivity index (χ3n) is 1.62. The standard InChI is InChI=1S/C10H14FNO2/c1-2-13-7-4-8-14-9-5-3-6-12-10(9)11/h3,5-6H,2,4,7-8H2,1H3. The number of nitrogens with zero attached hydrogens (tertiary/aromatic N) is 1. The van der Waals surface area contributed by atoms with Gasteiger partial charge in [-0.25, -0.2) is 4.98 Å². The van der Waals surface area contributed by atoms with Crippen LogP contribution in [0.25, 0.3) is 0 Å². The Bertz CT molecular complexity index is 268. The molecule has 4 heteroatoms. The van der Waals surface area contributed by atoms with Gasteiger partial charge in [0.15, 0.2) is 5.75 Å². The van der Waals surface area contributed by atoms with Crippen molar-refractivity contribution in [2.45, 2.75) is 13.3 Å². The van der Waals surface area contributed by atoms with Crippen LogP contribution < -0.4 is 4.74 Å². The molecule has 0 saturated heterocycles. The Morgan fingerprint density at radius 3 is 3.00 bits per heavy atom. The van der Waals surface area contributed by atoms with Crippen LogP contribution in [-0.4, -0.2) is 24.8 Å². The Balaban J connectivity index is 2.21. The Kier molecular flexibility index (Phi) is 4.93. The smallest absolute Gasteiger partial charge is 0.255 e. The van der Waals surface area contributed by atoms with Gasteiger partial charge in [0.2, 0.25) is 0 Å². The average molecular weight is 199 g/mol. The van der Waals surface area contributed by atoms with E-state index >= 15 is 0 Å². The van der Waals surface area contributed by atoms with E-state index in [-0.39, 0.29) is 5.75 Å². The lowest BCUT2D eigenvalue weighted by Crippen LogP contribution is -2.04. The molecule has 0 saturated carbocycles. The van der Waals surface area contributed by atoms with Crippen LogP contribution in [0.15, 0.2) is 18.3 Å². The fraction of sp³-hybridized carbons (Fsp3) is 0.500. The van der Waals surface area contributed by atoms with Gasteiger partial charge >= 0.3 is 0 Å². The third-order valence-corrected chi connectivity index (χ3v) is 1.62. The molecule has 1 aromatic rings. The summed E-state index contributed by atoms with van der Waals surface area (Å²) >= 11 is 0. The van der Waals surface area contributed by atoms with Crippen molar-refractivity contribution in [3.8, 4) is 5.75 Å². The van der Waals surface area contributed by atoms with Gasteiger partial charge in [0.1, 0.15) is 0 Å². The van der Waals surface area contributed by atoms with E-state index in [0.29, 0.717) is 19.8 Å². The minimum atomic E-state index is -0.566. The van der Waals surface area contributed by atoms with Gasteiger partial charge in [0, 0.05) is 25.8 Å². The molecule has 1 rings (SSSR count). The molecule has 0 aliphatic carbocycles. The zero-order valence-corrected chi connectivity index (χ0v) is 8.20. The summed E-state index contributed by atoms with van der Waals surface area (Å²) in [5.41, 5.74) is 0. The number of aromatic nitrogens is 1. The van der Waals surface area contributed by atoms with Crippen LogP contribution >= 0.6 is 0 Å². The zero-order valence-electron chi connectivity index (χ0n) is 8.20. The monoisotopic (exact) mass is 199 g/mol. The lowest BCUT2D eigenvalue weighted by molar-refractivity contribution is 0.130. The summed E-state index contributed by atoms with van der Waals surface area (Å²) in [5.74, 6) is -0.368. The molecular formula is C10H14FNO2. The molecule has 0 bridgehead atoms. The SMILES string of the molecule is CCOCCCOc1cccnc1F. The average Bonchev–Trinajstić information content (AvgIpc) is 2.20. The Hall–Kier alpha value is -1.16. The van der Waals surface area contributed by atoms with Gasteiger partial charge in [-0.2, -0.15) is 4.39 Å². The fourth-order valence-electron chi connectivity index (χ4n) is 0.966. The maximum absolute atomic E-state index is 12.9. The second-order valence-electron chi connectivity index (χ2n) is 2.69. The van der Waals surface area contributed by atoms with Crippen molar-refractivity contribution in [3.05, 3.63) is 24.3 Å². The van der Waals surface area contributed by atoms with E-state index in [2.05, 4.69) is 4.98 Å². The van der Waals surface area contributed by atoms with Gasteiger partial charge in [-0.05, 0) is 19.1 Å². The summed E-state index contributed by atoms with van der Waals surface area (Å²) in [7, 11) is 0. The van der Waals surface area contributed by atoms with Crippen molar-refractivity contribution >= 4 is 0 Å². The minimum absolute atomic E-state index is 0.198. The number of pyridine rings is 1. The van der Waals surface area contributed by atoms with Gasteiger partial charge in [-0.15, -0.1) is 0 Å². The van der Waals surface area contributed by atoms with Gasteiger partial charge in [0.05, 0.1) is 6.61 Å². The molecule has 0 aliphatic rings. The second-order valence-corrected chi connectivity index (χ2v) is 2.69. The zero-order chi connectivity index (χ0) is 10.2. The maximum Gasteiger partial charge on any atom is 0.255 e. The molecule has 0 amide bonds. The quantitative estimate of drug-likeness (QED) is 0.519. The molecule has 0 aromatic carbocycles. The Labute approximate surface area is 82.9 Å². The van der Waals surface area contributed by atoms with E-state index in [0.717, 1.165) is 6.42 Å². The number of rotatable bonds is 6. The van der Waals surface area contributed by atoms with Crippen LogP contribution in [0, 0.1) is 5.95 Å². The molecule has 0 spiro atoms. The molecule has 0 fully saturated rings. The molecule has 0 radical (unpaired) electrons. The highest BCUT2D eigenvalue weighted by Gasteiger charge is 2.01. The predicted molar refractivity (Wildman–Crippen MR) is 50.8 cm³/mol. The lowest BCUT2D eigenvalue weighted by Gasteiger charge is -2.05. The number of hydrogen-bond donors (Lipinski definition) is 0. The van der Waals surface area contributed by atoms with Gasteiger partial charge in [-0.1, -0.05) is 0 Å². The molecule has 14 heavy (non-hydrogen) atoms. The van der Waals surface area contributed by atoms with Crippen molar-refractivity contribution in [1.29, 1.82) is 0 Å². The number of hydrogen-bond acceptors (Lipinski definition) is 3. The van der Waals surface area contributed by atoms with Crippen molar-refractivity contribution in [2.24, 2.45) is 0 Å². The van der Waals surface area contributed by atoms with Crippen LogP contribution in [0.3, 0.4) is 0 Å². The van der Waals surface area contributed by atoms with Crippen LogP contribution in [0.4, 0.5) is 4.39 Å². The summed E-state index contributed by atoms with van der Waals surface area (Å²) < 4.78 is 23.2. The topological polar surface area (TPSA) is 31.4 Å². The fourth-order valence-corrected chi connectivity index (χ4v) is 0.966. The largest absolute Gasteiger partial charge is 0.489 e. The first-order valence-electron chi connectivity index (χ1n) is 4.65. The normalized spacial score (nSPS) is 10.1. The van der Waals surface area contributed by atoms with E-state index in [9.17, 15) is 4.39 Å². The summed E-state index contributed by atoms with van der Waals surface area (Å²) in [6, 6.07) is 3.20. The third kappa shape index (κ3) is 3.70. The van der Waals surface area contributed by atoms with Crippen LogP contribution in [0.5, 0.6) is 5.75 Å². The first-order valence-corrected chi connectivity index (χ1v) is 4.65. The Morgan fingerprint density at radius 2 is 2.29 bits per heavy atom. The number of halogens is 1. The molecule has 0 aliphatic heterocycles. The van der Waals surface area contributed by atoms with Gasteiger partial charge < -0.3 is 9.47 Å². The molecule has 0 atom stereocenters. The van der Waals surface area contributed by atoms with E-state index in [4.69, 9.17) is 9.47 Å².